The average molecular weight is 257 g/mol. The highest BCUT2D eigenvalue weighted by molar-refractivity contribution is 5.82. The predicted molar refractivity (Wildman–Crippen MR) is 72.2 cm³/mol. The van der Waals surface area contributed by atoms with E-state index in [2.05, 4.69) is 11.8 Å². The molecule has 5 heteroatoms. The second-order valence-electron chi connectivity index (χ2n) is 5.16. The van der Waals surface area contributed by atoms with Crippen LogP contribution in [0.3, 0.4) is 0 Å². The van der Waals surface area contributed by atoms with Crippen LogP contribution in [0.5, 0.6) is 0 Å². The summed E-state index contributed by atoms with van der Waals surface area (Å²) >= 11 is 0. The van der Waals surface area contributed by atoms with Gasteiger partial charge in [-0.2, -0.15) is 0 Å². The quantitative estimate of drug-likeness (QED) is 0.721. The van der Waals surface area contributed by atoms with E-state index in [-0.39, 0.29) is 24.5 Å². The standard InChI is InChI=1S/C13H27N3O2/c1-3-11(2)12(14)13(18)16-6-4-5-15(7-8-16)9-10-17/h11-12,17H,3-10,14H2,1-2H3/t11?,12-/m0/s1. The first-order valence-corrected chi connectivity index (χ1v) is 6.97. The van der Waals surface area contributed by atoms with Crippen LogP contribution in [0.25, 0.3) is 0 Å². The minimum Gasteiger partial charge on any atom is -0.395 e. The molecule has 0 radical (unpaired) electrons. The maximum absolute atomic E-state index is 12.2. The molecule has 1 aliphatic heterocycles. The number of carbonyl (C=O) groups excluding carboxylic acids is 1. The molecule has 5 nitrogen and oxygen atoms in total. The summed E-state index contributed by atoms with van der Waals surface area (Å²) in [5, 5.41) is 8.94. The van der Waals surface area contributed by atoms with Gasteiger partial charge in [0.1, 0.15) is 0 Å². The molecule has 1 amide bonds. The Morgan fingerprint density at radius 2 is 2.06 bits per heavy atom. The van der Waals surface area contributed by atoms with E-state index < -0.39 is 0 Å². The molecule has 0 spiro atoms. The molecule has 1 saturated heterocycles. The van der Waals surface area contributed by atoms with Crippen molar-refractivity contribution in [3.05, 3.63) is 0 Å². The Labute approximate surface area is 110 Å². The first-order valence-electron chi connectivity index (χ1n) is 6.97. The van der Waals surface area contributed by atoms with Gasteiger partial charge in [-0.25, -0.2) is 0 Å². The summed E-state index contributed by atoms with van der Waals surface area (Å²) in [5.41, 5.74) is 6.00. The van der Waals surface area contributed by atoms with Crippen molar-refractivity contribution < 1.29 is 9.90 Å². The van der Waals surface area contributed by atoms with Crippen LogP contribution in [-0.4, -0.2) is 66.2 Å². The van der Waals surface area contributed by atoms with Gasteiger partial charge in [0, 0.05) is 26.2 Å². The average Bonchev–Trinajstić information content (AvgIpc) is 2.62. The number of amides is 1. The lowest BCUT2D eigenvalue weighted by molar-refractivity contribution is -0.133. The van der Waals surface area contributed by atoms with E-state index in [9.17, 15) is 4.79 Å². The van der Waals surface area contributed by atoms with Gasteiger partial charge in [0.25, 0.3) is 0 Å². The molecule has 0 saturated carbocycles. The summed E-state index contributed by atoms with van der Waals surface area (Å²) in [5.74, 6) is 0.310. The third-order valence-corrected chi connectivity index (χ3v) is 3.86. The number of rotatable bonds is 5. The molecule has 2 atom stereocenters. The van der Waals surface area contributed by atoms with Gasteiger partial charge >= 0.3 is 0 Å². The molecule has 1 unspecified atom stereocenters. The van der Waals surface area contributed by atoms with Crippen LogP contribution in [-0.2, 0) is 4.79 Å². The Morgan fingerprint density at radius 1 is 1.33 bits per heavy atom. The van der Waals surface area contributed by atoms with Gasteiger partial charge in [-0.05, 0) is 18.9 Å². The monoisotopic (exact) mass is 257 g/mol. The fraction of sp³-hybridized carbons (Fsp3) is 0.923. The first-order chi connectivity index (χ1) is 8.60. The Bertz CT molecular complexity index is 261. The lowest BCUT2D eigenvalue weighted by Crippen LogP contribution is -2.48. The van der Waals surface area contributed by atoms with Gasteiger partial charge in [0.2, 0.25) is 5.91 Å². The van der Waals surface area contributed by atoms with Gasteiger partial charge in [-0.15, -0.1) is 0 Å². The van der Waals surface area contributed by atoms with Gasteiger partial charge in [0.05, 0.1) is 12.6 Å². The van der Waals surface area contributed by atoms with Gasteiger partial charge in [-0.3, -0.25) is 9.69 Å². The third kappa shape index (κ3) is 4.23. The number of nitrogens with zero attached hydrogens (tertiary/aromatic N) is 2. The van der Waals surface area contributed by atoms with Crippen LogP contribution >= 0.6 is 0 Å². The number of hydrogen-bond donors (Lipinski definition) is 2. The summed E-state index contributed by atoms with van der Waals surface area (Å²) in [6.07, 6.45) is 1.89. The third-order valence-electron chi connectivity index (χ3n) is 3.86. The van der Waals surface area contributed by atoms with E-state index in [1.807, 2.05) is 11.8 Å². The molecule has 0 aromatic rings. The van der Waals surface area contributed by atoms with E-state index in [4.69, 9.17) is 10.8 Å². The van der Waals surface area contributed by atoms with Crippen molar-refractivity contribution in [1.29, 1.82) is 0 Å². The van der Waals surface area contributed by atoms with Crippen molar-refractivity contribution in [2.45, 2.75) is 32.7 Å². The summed E-state index contributed by atoms with van der Waals surface area (Å²) in [6.45, 7) is 8.25. The highest BCUT2D eigenvalue weighted by Crippen LogP contribution is 2.11. The molecular weight excluding hydrogens is 230 g/mol. The normalized spacial score (nSPS) is 21.4. The van der Waals surface area contributed by atoms with Gasteiger partial charge < -0.3 is 15.7 Å². The Morgan fingerprint density at radius 3 is 2.67 bits per heavy atom. The maximum Gasteiger partial charge on any atom is 0.239 e. The smallest absolute Gasteiger partial charge is 0.239 e. The van der Waals surface area contributed by atoms with E-state index in [1.165, 1.54) is 0 Å². The van der Waals surface area contributed by atoms with Crippen LogP contribution in [0, 0.1) is 5.92 Å². The summed E-state index contributed by atoms with van der Waals surface area (Å²) in [6, 6.07) is -0.376. The molecule has 1 rings (SSSR count). The lowest BCUT2D eigenvalue weighted by Gasteiger charge is -2.27. The zero-order chi connectivity index (χ0) is 13.5. The first kappa shape index (κ1) is 15.4. The minimum atomic E-state index is -0.376. The number of carbonyl (C=O) groups is 1. The minimum absolute atomic E-state index is 0.0789. The molecule has 0 aromatic heterocycles. The molecule has 1 aliphatic rings. The Balaban J connectivity index is 2.49. The maximum atomic E-state index is 12.2. The molecular formula is C13H27N3O2. The predicted octanol–water partition coefficient (Wildman–Crippen LogP) is -0.114. The van der Waals surface area contributed by atoms with E-state index in [0.717, 1.165) is 39.0 Å². The second-order valence-corrected chi connectivity index (χ2v) is 5.16. The van der Waals surface area contributed by atoms with Crippen LogP contribution in [0.4, 0.5) is 0 Å². The molecule has 106 valence electrons. The summed E-state index contributed by atoms with van der Waals surface area (Å²) in [7, 11) is 0. The van der Waals surface area contributed by atoms with Crippen LogP contribution in [0.2, 0.25) is 0 Å². The van der Waals surface area contributed by atoms with Crippen LogP contribution in [0.15, 0.2) is 0 Å². The number of nitrogens with two attached hydrogens (primary N) is 1. The van der Waals surface area contributed by atoms with Crippen molar-refractivity contribution >= 4 is 5.91 Å². The largest absolute Gasteiger partial charge is 0.395 e. The fourth-order valence-electron chi connectivity index (χ4n) is 2.26. The molecule has 18 heavy (non-hydrogen) atoms. The number of aliphatic hydroxyl groups excluding tert-OH is 1. The zero-order valence-electron chi connectivity index (χ0n) is 11.6. The SMILES string of the molecule is CCC(C)[C@H](N)C(=O)N1CCCN(CCO)CC1. The van der Waals surface area contributed by atoms with Crippen molar-refractivity contribution in [3.63, 3.8) is 0 Å². The van der Waals surface area contributed by atoms with Crippen molar-refractivity contribution in [2.75, 3.05) is 39.3 Å². The van der Waals surface area contributed by atoms with Crippen molar-refractivity contribution in [2.24, 2.45) is 11.7 Å². The highest BCUT2D eigenvalue weighted by Gasteiger charge is 2.26. The molecule has 0 aromatic carbocycles. The summed E-state index contributed by atoms with van der Waals surface area (Å²) in [4.78, 5) is 16.3. The summed E-state index contributed by atoms with van der Waals surface area (Å²) < 4.78 is 0. The Kier molecular flexibility index (Phi) is 6.60. The lowest BCUT2D eigenvalue weighted by atomic mass is 9.99. The topological polar surface area (TPSA) is 69.8 Å². The second kappa shape index (κ2) is 7.71. The van der Waals surface area contributed by atoms with Gasteiger partial charge in [-0.1, -0.05) is 20.3 Å². The number of hydrogen-bond acceptors (Lipinski definition) is 4. The van der Waals surface area contributed by atoms with E-state index in [0.29, 0.717) is 6.54 Å². The number of β-amino-alcohol motifs (C(OH)–C–C–N with tert-alkyl or cyclic N) is 1. The van der Waals surface area contributed by atoms with Crippen LogP contribution < -0.4 is 5.73 Å². The molecule has 3 N–H and O–H groups in total. The Hall–Kier alpha value is -0.650. The molecule has 1 heterocycles. The van der Waals surface area contributed by atoms with Gasteiger partial charge in [0.15, 0.2) is 0 Å². The van der Waals surface area contributed by atoms with E-state index in [1.54, 1.807) is 0 Å². The van der Waals surface area contributed by atoms with Crippen molar-refractivity contribution in [3.8, 4) is 0 Å². The van der Waals surface area contributed by atoms with E-state index >= 15 is 0 Å². The zero-order valence-corrected chi connectivity index (χ0v) is 11.6. The molecule has 0 bridgehead atoms. The molecule has 1 fully saturated rings. The fourth-order valence-corrected chi connectivity index (χ4v) is 2.26. The molecule has 0 aliphatic carbocycles. The highest BCUT2D eigenvalue weighted by atomic mass is 16.3. The number of aliphatic hydroxyl groups is 1. The van der Waals surface area contributed by atoms with Crippen LogP contribution in [0.1, 0.15) is 26.7 Å². The van der Waals surface area contributed by atoms with Crippen molar-refractivity contribution in [1.82, 2.24) is 9.80 Å².